The van der Waals surface area contributed by atoms with Crippen LogP contribution in [0.2, 0.25) is 0 Å². The molecule has 2 aromatic heterocycles. The number of nitrogen functional groups attached to an aromatic ring is 1. The van der Waals surface area contributed by atoms with Crippen molar-refractivity contribution in [2.75, 3.05) is 17.9 Å². The highest BCUT2D eigenvalue weighted by atomic mass is 16.5. The molecule has 9 nitrogen and oxygen atoms in total. The minimum Gasteiger partial charge on any atom is -0.467 e. The molecule has 4 N–H and O–H groups in total. The summed E-state index contributed by atoms with van der Waals surface area (Å²) in [6.07, 6.45) is 2.83. The van der Waals surface area contributed by atoms with E-state index in [1.54, 1.807) is 4.68 Å². The van der Waals surface area contributed by atoms with Crippen molar-refractivity contribution in [3.8, 4) is 6.01 Å². The Morgan fingerprint density at radius 3 is 2.70 bits per heavy atom. The zero-order valence-corrected chi connectivity index (χ0v) is 11.7. The summed E-state index contributed by atoms with van der Waals surface area (Å²) < 4.78 is 6.77. The molecular formula is C11H18N8O. The summed E-state index contributed by atoms with van der Waals surface area (Å²) in [5, 5.41) is 7.48. The second kappa shape index (κ2) is 6.15. The van der Waals surface area contributed by atoms with Crippen LogP contribution in [0.25, 0.3) is 0 Å². The Morgan fingerprint density at radius 1 is 1.30 bits per heavy atom. The maximum Gasteiger partial charge on any atom is 0.322 e. The molecule has 2 heterocycles. The maximum absolute atomic E-state index is 5.30. The number of hydrogen-bond acceptors (Lipinski definition) is 8. The van der Waals surface area contributed by atoms with E-state index in [9.17, 15) is 0 Å². The number of rotatable bonds is 6. The quantitative estimate of drug-likeness (QED) is 0.502. The van der Waals surface area contributed by atoms with Crippen molar-refractivity contribution in [3.05, 3.63) is 17.5 Å². The lowest BCUT2D eigenvalue weighted by Crippen LogP contribution is -2.14. The third-order valence-corrected chi connectivity index (χ3v) is 2.69. The van der Waals surface area contributed by atoms with Crippen LogP contribution in [0.1, 0.15) is 18.2 Å². The van der Waals surface area contributed by atoms with Crippen LogP contribution in [0.15, 0.2) is 6.20 Å². The first-order chi connectivity index (χ1) is 9.66. The molecule has 0 atom stereocenters. The average molecular weight is 278 g/mol. The van der Waals surface area contributed by atoms with Gasteiger partial charge in [0, 0.05) is 25.4 Å². The fourth-order valence-corrected chi connectivity index (χ4v) is 1.79. The van der Waals surface area contributed by atoms with Crippen molar-refractivity contribution in [1.29, 1.82) is 0 Å². The molecule has 0 aliphatic heterocycles. The highest BCUT2D eigenvalue weighted by molar-refractivity contribution is 5.36. The van der Waals surface area contributed by atoms with Crippen LogP contribution in [-0.2, 0) is 20.0 Å². The van der Waals surface area contributed by atoms with Gasteiger partial charge in [0.25, 0.3) is 0 Å². The molecule has 2 aromatic rings. The van der Waals surface area contributed by atoms with Gasteiger partial charge >= 0.3 is 6.01 Å². The Kier molecular flexibility index (Phi) is 4.31. The summed E-state index contributed by atoms with van der Waals surface area (Å²) in [6.45, 7) is 2.63. The van der Waals surface area contributed by atoms with Crippen LogP contribution in [0.5, 0.6) is 6.01 Å². The Bertz CT molecular complexity index is 560. The molecule has 0 aliphatic rings. The lowest BCUT2D eigenvalue weighted by molar-refractivity contribution is 0.379. The highest BCUT2D eigenvalue weighted by Crippen LogP contribution is 2.13. The van der Waals surface area contributed by atoms with Gasteiger partial charge in [-0.3, -0.25) is 10.1 Å². The smallest absolute Gasteiger partial charge is 0.322 e. The third kappa shape index (κ3) is 3.12. The molecule has 0 fully saturated rings. The zero-order chi connectivity index (χ0) is 14.5. The SMILES string of the molecule is CCc1nn(C)cc1CNc1nc(NN)nc(OC)n1. The van der Waals surface area contributed by atoms with Crippen LogP contribution in [0.4, 0.5) is 11.9 Å². The molecule has 0 bridgehead atoms. The lowest BCUT2D eigenvalue weighted by Gasteiger charge is -2.07. The highest BCUT2D eigenvalue weighted by Gasteiger charge is 2.09. The number of anilines is 2. The van der Waals surface area contributed by atoms with E-state index < -0.39 is 0 Å². The van der Waals surface area contributed by atoms with Gasteiger partial charge in [0.2, 0.25) is 11.9 Å². The largest absolute Gasteiger partial charge is 0.467 e. The van der Waals surface area contributed by atoms with Gasteiger partial charge in [-0.2, -0.15) is 20.1 Å². The number of aryl methyl sites for hydroxylation is 2. The Balaban J connectivity index is 2.13. The molecule has 0 aliphatic carbocycles. The Hall–Kier alpha value is -2.42. The van der Waals surface area contributed by atoms with Gasteiger partial charge in [-0.25, -0.2) is 5.84 Å². The predicted molar refractivity (Wildman–Crippen MR) is 74.1 cm³/mol. The van der Waals surface area contributed by atoms with Crippen LogP contribution >= 0.6 is 0 Å². The first kappa shape index (κ1) is 14.0. The summed E-state index contributed by atoms with van der Waals surface area (Å²) in [4.78, 5) is 12.1. The van der Waals surface area contributed by atoms with E-state index in [2.05, 4.69) is 37.7 Å². The molecule has 20 heavy (non-hydrogen) atoms. The standard InChI is InChI=1S/C11H18N8O/c1-4-8-7(6-19(2)18-8)5-13-9-14-10(17-12)16-11(15-9)20-3/h6H,4-5,12H2,1-3H3,(H2,13,14,15,16,17). The van der Waals surface area contributed by atoms with Gasteiger partial charge in [0.05, 0.1) is 12.8 Å². The number of methoxy groups -OCH3 is 1. The minimum absolute atomic E-state index is 0.192. The number of hydrogen-bond donors (Lipinski definition) is 3. The van der Waals surface area contributed by atoms with Crippen LogP contribution in [-0.4, -0.2) is 31.8 Å². The fraction of sp³-hybridized carbons (Fsp3) is 0.455. The Morgan fingerprint density at radius 2 is 2.05 bits per heavy atom. The number of nitrogens with zero attached hydrogens (tertiary/aromatic N) is 5. The normalized spacial score (nSPS) is 10.4. The van der Waals surface area contributed by atoms with E-state index >= 15 is 0 Å². The summed E-state index contributed by atoms with van der Waals surface area (Å²) in [6, 6.07) is 0.192. The van der Waals surface area contributed by atoms with Crippen molar-refractivity contribution < 1.29 is 4.74 Å². The first-order valence-electron chi connectivity index (χ1n) is 6.18. The minimum atomic E-state index is 0.192. The summed E-state index contributed by atoms with van der Waals surface area (Å²) in [5.74, 6) is 5.92. The second-order valence-electron chi connectivity index (χ2n) is 4.10. The van der Waals surface area contributed by atoms with Crippen LogP contribution in [0, 0.1) is 0 Å². The molecule has 9 heteroatoms. The van der Waals surface area contributed by atoms with E-state index in [0.717, 1.165) is 17.7 Å². The molecule has 0 spiro atoms. The van der Waals surface area contributed by atoms with Gasteiger partial charge < -0.3 is 10.1 Å². The van der Waals surface area contributed by atoms with Gasteiger partial charge in [0.15, 0.2) is 0 Å². The molecule has 0 amide bonds. The van der Waals surface area contributed by atoms with Crippen LogP contribution < -0.4 is 21.3 Å². The molecule has 108 valence electrons. The average Bonchev–Trinajstić information content (AvgIpc) is 2.84. The number of nitrogens with two attached hydrogens (primary N) is 1. The molecular weight excluding hydrogens is 260 g/mol. The number of hydrazine groups is 1. The number of nitrogens with one attached hydrogen (secondary N) is 2. The van der Waals surface area contributed by atoms with Crippen LogP contribution in [0.3, 0.4) is 0 Å². The third-order valence-electron chi connectivity index (χ3n) is 2.69. The van der Waals surface area contributed by atoms with Gasteiger partial charge in [-0.15, -0.1) is 0 Å². The van der Waals surface area contributed by atoms with Crippen molar-refractivity contribution in [2.24, 2.45) is 12.9 Å². The van der Waals surface area contributed by atoms with E-state index in [1.807, 2.05) is 13.2 Å². The van der Waals surface area contributed by atoms with E-state index in [1.165, 1.54) is 7.11 Å². The Labute approximate surface area is 116 Å². The molecule has 0 unspecified atom stereocenters. The van der Waals surface area contributed by atoms with E-state index in [4.69, 9.17) is 10.6 Å². The number of ether oxygens (including phenoxy) is 1. The molecule has 0 radical (unpaired) electrons. The van der Waals surface area contributed by atoms with Gasteiger partial charge in [-0.05, 0) is 6.42 Å². The van der Waals surface area contributed by atoms with Crippen molar-refractivity contribution in [2.45, 2.75) is 19.9 Å². The lowest BCUT2D eigenvalue weighted by atomic mass is 10.2. The second-order valence-corrected chi connectivity index (χ2v) is 4.10. The predicted octanol–water partition coefficient (Wildman–Crippen LogP) is 0.0738. The van der Waals surface area contributed by atoms with Crippen molar-refractivity contribution in [1.82, 2.24) is 24.7 Å². The summed E-state index contributed by atoms with van der Waals surface area (Å²) >= 11 is 0. The van der Waals surface area contributed by atoms with E-state index in [0.29, 0.717) is 12.5 Å². The fourth-order valence-electron chi connectivity index (χ4n) is 1.79. The molecule has 0 saturated carbocycles. The van der Waals surface area contributed by atoms with Gasteiger partial charge in [-0.1, -0.05) is 6.92 Å². The maximum atomic E-state index is 5.30. The summed E-state index contributed by atoms with van der Waals surface area (Å²) in [7, 11) is 3.38. The molecule has 2 rings (SSSR count). The molecule has 0 saturated heterocycles. The van der Waals surface area contributed by atoms with E-state index in [-0.39, 0.29) is 12.0 Å². The van der Waals surface area contributed by atoms with Crippen molar-refractivity contribution >= 4 is 11.9 Å². The topological polar surface area (TPSA) is 116 Å². The van der Waals surface area contributed by atoms with Gasteiger partial charge in [0.1, 0.15) is 0 Å². The number of aromatic nitrogens is 5. The monoisotopic (exact) mass is 278 g/mol. The van der Waals surface area contributed by atoms with Crippen molar-refractivity contribution in [3.63, 3.8) is 0 Å². The first-order valence-corrected chi connectivity index (χ1v) is 6.18. The zero-order valence-electron chi connectivity index (χ0n) is 11.7. The molecule has 0 aromatic carbocycles. The summed E-state index contributed by atoms with van der Waals surface area (Å²) in [5.41, 5.74) is 4.50.